The third kappa shape index (κ3) is 3.41. The summed E-state index contributed by atoms with van der Waals surface area (Å²) in [4.78, 5) is 4.89. The van der Waals surface area contributed by atoms with Crippen LogP contribution < -0.4 is 5.73 Å². The lowest BCUT2D eigenvalue weighted by molar-refractivity contribution is -0.0407. The van der Waals surface area contributed by atoms with Gasteiger partial charge in [0.05, 0.1) is 11.7 Å². The van der Waals surface area contributed by atoms with Crippen LogP contribution in [-0.2, 0) is 4.74 Å². The van der Waals surface area contributed by atoms with Gasteiger partial charge in [0.2, 0.25) is 0 Å². The zero-order valence-electron chi connectivity index (χ0n) is 11.5. The van der Waals surface area contributed by atoms with Gasteiger partial charge in [-0.25, -0.2) is 0 Å². The van der Waals surface area contributed by atoms with E-state index < -0.39 is 0 Å². The van der Waals surface area contributed by atoms with Crippen molar-refractivity contribution >= 4 is 0 Å². The highest BCUT2D eigenvalue weighted by atomic mass is 16.5. The molecule has 2 atom stereocenters. The summed E-state index contributed by atoms with van der Waals surface area (Å²) in [5.74, 6) is 0. The number of likely N-dealkylation sites (N-methyl/N-ethyl adjacent to an activating group) is 1. The van der Waals surface area contributed by atoms with Crippen LogP contribution in [0.1, 0.15) is 26.7 Å². The van der Waals surface area contributed by atoms with E-state index in [2.05, 4.69) is 30.7 Å². The first kappa shape index (κ1) is 13.3. The standard InChI is InChI=1S/C13H27N3O/c1-13(2)5-4-12(17-13)10-16-7-6-15(3)9-11(16)8-14/h11-12H,4-10,14H2,1-3H3. The average Bonchev–Trinajstić information content (AvgIpc) is 2.61. The van der Waals surface area contributed by atoms with Crippen molar-refractivity contribution in [3.63, 3.8) is 0 Å². The van der Waals surface area contributed by atoms with E-state index in [0.29, 0.717) is 12.1 Å². The minimum absolute atomic E-state index is 0.0788. The number of piperazine rings is 1. The van der Waals surface area contributed by atoms with Gasteiger partial charge in [-0.2, -0.15) is 0 Å². The van der Waals surface area contributed by atoms with E-state index in [1.165, 1.54) is 12.8 Å². The summed E-state index contributed by atoms with van der Waals surface area (Å²) in [6.45, 7) is 9.55. The highest BCUT2D eigenvalue weighted by Gasteiger charge is 2.34. The Labute approximate surface area is 105 Å². The molecule has 0 amide bonds. The van der Waals surface area contributed by atoms with Gasteiger partial charge in [-0.3, -0.25) is 4.90 Å². The Hall–Kier alpha value is -0.160. The Morgan fingerprint density at radius 3 is 2.71 bits per heavy atom. The Bertz CT molecular complexity index is 257. The SMILES string of the molecule is CN1CCN(CC2CCC(C)(C)O2)C(CN)C1. The Morgan fingerprint density at radius 2 is 2.12 bits per heavy atom. The van der Waals surface area contributed by atoms with Crippen molar-refractivity contribution < 1.29 is 4.74 Å². The molecule has 0 aliphatic carbocycles. The zero-order valence-corrected chi connectivity index (χ0v) is 11.5. The summed E-state index contributed by atoms with van der Waals surface area (Å²) in [6.07, 6.45) is 2.78. The topological polar surface area (TPSA) is 41.7 Å². The summed E-state index contributed by atoms with van der Waals surface area (Å²) < 4.78 is 6.08. The predicted octanol–water partition coefficient (Wildman–Crippen LogP) is 0.519. The maximum atomic E-state index is 6.08. The molecule has 0 spiro atoms. The Kier molecular flexibility index (Phi) is 4.08. The van der Waals surface area contributed by atoms with Crippen molar-refractivity contribution in [3.8, 4) is 0 Å². The first-order chi connectivity index (χ1) is 8.00. The first-order valence-electron chi connectivity index (χ1n) is 6.80. The molecule has 0 aromatic heterocycles. The second-order valence-corrected chi connectivity index (χ2v) is 6.18. The Morgan fingerprint density at radius 1 is 1.35 bits per heavy atom. The molecule has 4 heteroatoms. The molecule has 2 heterocycles. The number of hydrogen-bond acceptors (Lipinski definition) is 4. The maximum absolute atomic E-state index is 6.08. The monoisotopic (exact) mass is 241 g/mol. The second kappa shape index (κ2) is 5.22. The fraction of sp³-hybridized carbons (Fsp3) is 1.00. The largest absolute Gasteiger partial charge is 0.371 e. The van der Waals surface area contributed by atoms with E-state index in [9.17, 15) is 0 Å². The molecule has 4 nitrogen and oxygen atoms in total. The quantitative estimate of drug-likeness (QED) is 0.782. The van der Waals surface area contributed by atoms with Gasteiger partial charge >= 0.3 is 0 Å². The lowest BCUT2D eigenvalue weighted by atomic mass is 10.0. The molecular weight excluding hydrogens is 214 g/mol. The van der Waals surface area contributed by atoms with Crippen LogP contribution in [0, 0.1) is 0 Å². The first-order valence-corrected chi connectivity index (χ1v) is 6.80. The third-order valence-corrected chi connectivity index (χ3v) is 4.07. The van der Waals surface area contributed by atoms with Gasteiger partial charge in [-0.1, -0.05) is 0 Å². The zero-order chi connectivity index (χ0) is 12.5. The molecule has 2 saturated heterocycles. The van der Waals surface area contributed by atoms with Crippen LogP contribution in [0.4, 0.5) is 0 Å². The van der Waals surface area contributed by atoms with E-state index in [0.717, 1.165) is 32.7 Å². The smallest absolute Gasteiger partial charge is 0.0710 e. The van der Waals surface area contributed by atoms with Crippen LogP contribution in [0.2, 0.25) is 0 Å². The summed E-state index contributed by atoms with van der Waals surface area (Å²) >= 11 is 0. The molecule has 2 N–H and O–H groups in total. The van der Waals surface area contributed by atoms with Crippen LogP contribution in [0.5, 0.6) is 0 Å². The van der Waals surface area contributed by atoms with Gasteiger partial charge in [0.25, 0.3) is 0 Å². The van der Waals surface area contributed by atoms with Gasteiger partial charge in [-0.15, -0.1) is 0 Å². The van der Waals surface area contributed by atoms with E-state index in [1.807, 2.05) is 0 Å². The van der Waals surface area contributed by atoms with E-state index >= 15 is 0 Å². The number of rotatable bonds is 3. The highest BCUT2D eigenvalue weighted by Crippen LogP contribution is 2.30. The third-order valence-electron chi connectivity index (χ3n) is 4.07. The van der Waals surface area contributed by atoms with Gasteiger partial charge in [0, 0.05) is 38.8 Å². The second-order valence-electron chi connectivity index (χ2n) is 6.18. The maximum Gasteiger partial charge on any atom is 0.0710 e. The minimum atomic E-state index is 0.0788. The van der Waals surface area contributed by atoms with Crippen molar-refractivity contribution in [2.45, 2.75) is 44.4 Å². The van der Waals surface area contributed by atoms with Crippen molar-refractivity contribution in [1.82, 2.24) is 9.80 Å². The molecule has 0 bridgehead atoms. The van der Waals surface area contributed by atoms with Crippen LogP contribution in [0.15, 0.2) is 0 Å². The molecule has 2 unspecified atom stereocenters. The summed E-state index contributed by atoms with van der Waals surface area (Å²) in [5, 5.41) is 0. The molecule has 0 radical (unpaired) electrons. The molecule has 2 aliphatic rings. The van der Waals surface area contributed by atoms with Crippen LogP contribution >= 0.6 is 0 Å². The molecule has 2 aliphatic heterocycles. The number of ether oxygens (including phenoxy) is 1. The van der Waals surface area contributed by atoms with Gasteiger partial charge in [0.1, 0.15) is 0 Å². The van der Waals surface area contributed by atoms with Gasteiger partial charge in [0.15, 0.2) is 0 Å². The molecule has 17 heavy (non-hydrogen) atoms. The number of nitrogens with zero attached hydrogens (tertiary/aromatic N) is 2. The Balaban J connectivity index is 1.86. The summed E-state index contributed by atoms with van der Waals surface area (Å²) in [5.41, 5.74) is 5.95. The van der Waals surface area contributed by atoms with Crippen molar-refractivity contribution in [2.75, 3.05) is 39.8 Å². The molecule has 0 saturated carbocycles. The van der Waals surface area contributed by atoms with Crippen LogP contribution in [0.3, 0.4) is 0 Å². The van der Waals surface area contributed by atoms with Crippen LogP contribution in [0.25, 0.3) is 0 Å². The fourth-order valence-electron chi connectivity index (χ4n) is 2.98. The minimum Gasteiger partial charge on any atom is -0.371 e. The lowest BCUT2D eigenvalue weighted by Gasteiger charge is -2.40. The van der Waals surface area contributed by atoms with Crippen molar-refractivity contribution in [3.05, 3.63) is 0 Å². The molecule has 2 fully saturated rings. The molecular formula is C13H27N3O. The van der Waals surface area contributed by atoms with E-state index in [4.69, 9.17) is 10.5 Å². The number of hydrogen-bond donors (Lipinski definition) is 1. The summed E-state index contributed by atoms with van der Waals surface area (Å²) in [7, 11) is 2.18. The predicted molar refractivity (Wildman–Crippen MR) is 70.1 cm³/mol. The number of nitrogens with two attached hydrogens (primary N) is 1. The van der Waals surface area contributed by atoms with E-state index in [1.54, 1.807) is 0 Å². The normalized spacial score (nSPS) is 35.3. The van der Waals surface area contributed by atoms with Gasteiger partial charge < -0.3 is 15.4 Å². The average molecular weight is 241 g/mol. The molecule has 100 valence electrons. The van der Waals surface area contributed by atoms with Crippen molar-refractivity contribution in [2.24, 2.45) is 5.73 Å². The highest BCUT2D eigenvalue weighted by molar-refractivity contribution is 4.87. The van der Waals surface area contributed by atoms with E-state index in [-0.39, 0.29) is 5.60 Å². The lowest BCUT2D eigenvalue weighted by Crippen LogP contribution is -2.56. The molecule has 2 rings (SSSR count). The summed E-state index contributed by atoms with van der Waals surface area (Å²) in [6, 6.07) is 0.501. The van der Waals surface area contributed by atoms with Gasteiger partial charge in [-0.05, 0) is 33.7 Å². The molecule has 0 aromatic carbocycles. The fourth-order valence-corrected chi connectivity index (χ4v) is 2.98. The van der Waals surface area contributed by atoms with Crippen LogP contribution in [-0.4, -0.2) is 67.3 Å². The van der Waals surface area contributed by atoms with Crippen molar-refractivity contribution in [1.29, 1.82) is 0 Å². The molecule has 0 aromatic rings.